The Morgan fingerprint density at radius 2 is 1.80 bits per heavy atom. The molecule has 1 heterocycles. The Kier molecular flexibility index (Phi) is 6.72. The Balaban J connectivity index is 1.57. The van der Waals surface area contributed by atoms with Gasteiger partial charge in [0.25, 0.3) is 0 Å². The number of hydrogen-bond acceptors (Lipinski definition) is 3. The molecule has 1 atom stereocenters. The molecule has 0 aliphatic rings. The molecule has 0 bridgehead atoms. The van der Waals surface area contributed by atoms with Crippen LogP contribution in [0.25, 0.3) is 11.0 Å². The number of nitrogens with zero attached hydrogens (tertiary/aromatic N) is 2. The predicted molar refractivity (Wildman–Crippen MR) is 118 cm³/mol. The van der Waals surface area contributed by atoms with E-state index in [2.05, 4.69) is 10.6 Å². The van der Waals surface area contributed by atoms with E-state index < -0.39 is 0 Å². The largest absolute Gasteiger partial charge is 0.352 e. The fourth-order valence-electron chi connectivity index (χ4n) is 3.29. The molecule has 0 radical (unpaired) electrons. The first-order valence-corrected chi connectivity index (χ1v) is 10.2. The lowest BCUT2D eigenvalue weighted by Crippen LogP contribution is -2.27. The summed E-state index contributed by atoms with van der Waals surface area (Å²) in [5, 5.41) is 5.79. The van der Waals surface area contributed by atoms with Crippen LogP contribution in [0.4, 0.5) is 5.69 Å². The van der Waals surface area contributed by atoms with Gasteiger partial charge in [0.2, 0.25) is 11.8 Å². The van der Waals surface area contributed by atoms with Gasteiger partial charge in [-0.15, -0.1) is 0 Å². The van der Waals surface area contributed by atoms with Gasteiger partial charge < -0.3 is 10.6 Å². The minimum absolute atomic E-state index is 0.0146. The van der Waals surface area contributed by atoms with Crippen molar-refractivity contribution in [2.45, 2.75) is 39.8 Å². The van der Waals surface area contributed by atoms with Gasteiger partial charge >= 0.3 is 5.69 Å². The number of aromatic nitrogens is 2. The number of imidazole rings is 1. The van der Waals surface area contributed by atoms with E-state index in [1.165, 1.54) is 0 Å². The molecule has 2 amide bonds. The highest BCUT2D eigenvalue weighted by molar-refractivity contribution is 5.92. The zero-order chi connectivity index (χ0) is 21.7. The molecule has 0 aliphatic carbocycles. The second-order valence-corrected chi connectivity index (χ2v) is 7.51. The zero-order valence-electron chi connectivity index (χ0n) is 17.6. The highest BCUT2D eigenvalue weighted by atomic mass is 16.2. The summed E-state index contributed by atoms with van der Waals surface area (Å²) >= 11 is 0. The SMILES string of the molecule is CCC(C)C(=O)Nc1cccc(CNC(=O)CCn2c(=O)n(C)c3ccccc32)c1. The first-order valence-electron chi connectivity index (χ1n) is 10.2. The summed E-state index contributed by atoms with van der Waals surface area (Å²) in [7, 11) is 1.73. The van der Waals surface area contributed by atoms with E-state index in [1.807, 2.05) is 62.4 Å². The van der Waals surface area contributed by atoms with E-state index in [-0.39, 0.29) is 29.8 Å². The lowest BCUT2D eigenvalue weighted by atomic mass is 10.1. The zero-order valence-corrected chi connectivity index (χ0v) is 17.6. The summed E-state index contributed by atoms with van der Waals surface area (Å²) < 4.78 is 3.21. The smallest absolute Gasteiger partial charge is 0.328 e. The molecule has 0 aliphatic heterocycles. The molecular formula is C23H28N4O3. The van der Waals surface area contributed by atoms with E-state index >= 15 is 0 Å². The standard InChI is InChI=1S/C23H28N4O3/c1-4-16(2)22(29)25-18-9-7-8-17(14-18)15-24-21(28)12-13-27-20-11-6-5-10-19(20)26(3)23(27)30/h5-11,14,16H,4,12-13,15H2,1-3H3,(H,24,28)(H,25,29). The fourth-order valence-corrected chi connectivity index (χ4v) is 3.29. The van der Waals surface area contributed by atoms with Gasteiger partial charge in [-0.2, -0.15) is 0 Å². The van der Waals surface area contributed by atoms with Gasteiger partial charge in [-0.1, -0.05) is 38.1 Å². The Bertz CT molecular complexity index is 1110. The van der Waals surface area contributed by atoms with Gasteiger partial charge in [0.1, 0.15) is 0 Å². The van der Waals surface area contributed by atoms with Crippen molar-refractivity contribution in [2.24, 2.45) is 13.0 Å². The molecular weight excluding hydrogens is 380 g/mol. The van der Waals surface area contributed by atoms with Crippen molar-refractivity contribution in [1.82, 2.24) is 14.5 Å². The number of benzene rings is 2. The van der Waals surface area contributed by atoms with Gasteiger partial charge in [-0.05, 0) is 36.2 Å². The van der Waals surface area contributed by atoms with E-state index in [1.54, 1.807) is 16.2 Å². The number of fused-ring (bicyclic) bond motifs is 1. The van der Waals surface area contributed by atoms with Crippen LogP contribution in [0, 0.1) is 5.92 Å². The number of carbonyl (C=O) groups is 2. The van der Waals surface area contributed by atoms with Crippen molar-refractivity contribution >= 4 is 28.5 Å². The average molecular weight is 409 g/mol. The number of hydrogen-bond donors (Lipinski definition) is 2. The molecule has 0 saturated heterocycles. The average Bonchev–Trinajstić information content (AvgIpc) is 3.00. The molecule has 30 heavy (non-hydrogen) atoms. The number of anilines is 1. The predicted octanol–water partition coefficient (Wildman–Crippen LogP) is 3.03. The van der Waals surface area contributed by atoms with Crippen molar-refractivity contribution in [3.63, 3.8) is 0 Å². The summed E-state index contributed by atoms with van der Waals surface area (Å²) in [4.78, 5) is 36.8. The Morgan fingerprint density at radius 1 is 1.07 bits per heavy atom. The monoisotopic (exact) mass is 408 g/mol. The highest BCUT2D eigenvalue weighted by Crippen LogP contribution is 2.14. The third-order valence-corrected chi connectivity index (χ3v) is 5.36. The molecule has 1 aromatic heterocycles. The molecule has 158 valence electrons. The number of nitrogens with one attached hydrogen (secondary N) is 2. The molecule has 2 aromatic carbocycles. The topological polar surface area (TPSA) is 85.1 Å². The lowest BCUT2D eigenvalue weighted by molar-refractivity contribution is -0.121. The fraction of sp³-hybridized carbons (Fsp3) is 0.348. The summed E-state index contributed by atoms with van der Waals surface area (Å²) in [6.07, 6.45) is 0.986. The first kappa shape index (κ1) is 21.4. The summed E-state index contributed by atoms with van der Waals surface area (Å²) in [6.45, 7) is 4.54. The quantitative estimate of drug-likeness (QED) is 0.601. The normalized spacial score (nSPS) is 12.0. The van der Waals surface area contributed by atoms with Crippen molar-refractivity contribution in [3.8, 4) is 0 Å². The van der Waals surface area contributed by atoms with Crippen molar-refractivity contribution in [2.75, 3.05) is 5.32 Å². The van der Waals surface area contributed by atoms with Crippen molar-refractivity contribution in [1.29, 1.82) is 0 Å². The Hall–Kier alpha value is -3.35. The van der Waals surface area contributed by atoms with Crippen LogP contribution in [0.1, 0.15) is 32.3 Å². The van der Waals surface area contributed by atoms with Crippen LogP contribution in [-0.2, 0) is 29.7 Å². The molecule has 3 aromatic rings. The van der Waals surface area contributed by atoms with Gasteiger partial charge in [-0.25, -0.2) is 4.79 Å². The van der Waals surface area contributed by atoms with E-state index in [4.69, 9.17) is 0 Å². The van der Waals surface area contributed by atoms with E-state index in [0.29, 0.717) is 18.8 Å². The third-order valence-electron chi connectivity index (χ3n) is 5.36. The highest BCUT2D eigenvalue weighted by Gasteiger charge is 2.12. The second-order valence-electron chi connectivity index (χ2n) is 7.51. The maximum absolute atomic E-state index is 12.4. The van der Waals surface area contributed by atoms with Crippen LogP contribution in [0.5, 0.6) is 0 Å². The molecule has 1 unspecified atom stereocenters. The minimum Gasteiger partial charge on any atom is -0.352 e. The molecule has 7 nitrogen and oxygen atoms in total. The molecule has 3 rings (SSSR count). The molecule has 0 fully saturated rings. The number of amides is 2. The van der Waals surface area contributed by atoms with Crippen molar-refractivity contribution in [3.05, 3.63) is 64.6 Å². The molecule has 0 saturated carbocycles. The minimum atomic E-state index is -0.135. The van der Waals surface area contributed by atoms with Crippen LogP contribution >= 0.6 is 0 Å². The number of para-hydroxylation sites is 2. The third kappa shape index (κ3) is 4.79. The van der Waals surface area contributed by atoms with E-state index in [9.17, 15) is 14.4 Å². The summed E-state index contributed by atoms with van der Waals surface area (Å²) in [5.74, 6) is -0.200. The van der Waals surface area contributed by atoms with Crippen molar-refractivity contribution < 1.29 is 9.59 Å². The molecule has 2 N–H and O–H groups in total. The van der Waals surface area contributed by atoms with Crippen LogP contribution < -0.4 is 16.3 Å². The van der Waals surface area contributed by atoms with Crippen LogP contribution in [0.15, 0.2) is 53.3 Å². The Morgan fingerprint density at radius 3 is 2.53 bits per heavy atom. The summed E-state index contributed by atoms with van der Waals surface area (Å²) in [5.41, 5.74) is 3.15. The van der Waals surface area contributed by atoms with Gasteiger partial charge in [-0.3, -0.25) is 18.7 Å². The second kappa shape index (κ2) is 9.43. The number of carbonyl (C=O) groups excluding carboxylic acids is 2. The molecule has 7 heteroatoms. The summed E-state index contributed by atoms with van der Waals surface area (Å²) in [6, 6.07) is 15.0. The maximum atomic E-state index is 12.4. The van der Waals surface area contributed by atoms with Gasteiger partial charge in [0.05, 0.1) is 11.0 Å². The number of aryl methyl sites for hydroxylation is 2. The molecule has 0 spiro atoms. The van der Waals surface area contributed by atoms with Gasteiger partial charge in [0.15, 0.2) is 0 Å². The van der Waals surface area contributed by atoms with Gasteiger partial charge in [0, 0.05) is 38.2 Å². The maximum Gasteiger partial charge on any atom is 0.328 e. The van der Waals surface area contributed by atoms with Crippen LogP contribution in [0.3, 0.4) is 0 Å². The first-order chi connectivity index (χ1) is 14.4. The Labute approximate surface area is 175 Å². The number of rotatable bonds is 8. The van der Waals surface area contributed by atoms with E-state index in [0.717, 1.165) is 23.0 Å². The lowest BCUT2D eigenvalue weighted by Gasteiger charge is -2.11. The van der Waals surface area contributed by atoms with Crippen LogP contribution in [-0.4, -0.2) is 20.9 Å². The van der Waals surface area contributed by atoms with Crippen LogP contribution in [0.2, 0.25) is 0 Å².